The van der Waals surface area contributed by atoms with Crippen LogP contribution in [0.1, 0.15) is 61.9 Å². The molecule has 0 spiro atoms. The van der Waals surface area contributed by atoms with E-state index in [0.29, 0.717) is 22.2 Å². The van der Waals surface area contributed by atoms with Crippen LogP contribution in [0.3, 0.4) is 0 Å². The van der Waals surface area contributed by atoms with E-state index in [9.17, 15) is 14.4 Å². The highest BCUT2D eigenvalue weighted by Crippen LogP contribution is 2.26. The van der Waals surface area contributed by atoms with Crippen molar-refractivity contribution in [3.8, 4) is 0 Å². The van der Waals surface area contributed by atoms with Gasteiger partial charge in [0.25, 0.3) is 5.91 Å². The number of hydrogen-bond acceptors (Lipinski definition) is 4. The number of rotatable bonds is 9. The monoisotopic (exact) mass is 415 g/mol. The molecule has 0 radical (unpaired) electrons. The molecule has 29 heavy (non-hydrogen) atoms. The van der Waals surface area contributed by atoms with Crippen LogP contribution in [0.15, 0.2) is 48.5 Å². The number of carbonyl (C=O) groups is 3. The smallest absolute Gasteiger partial charge is 0.307 e. The van der Waals surface area contributed by atoms with Crippen molar-refractivity contribution in [1.82, 2.24) is 0 Å². The summed E-state index contributed by atoms with van der Waals surface area (Å²) in [5.41, 5.74) is 2.23. The van der Waals surface area contributed by atoms with Crippen LogP contribution in [0.5, 0.6) is 0 Å². The standard InChI is InChI=1S/C23H26ClNO4/c1-4-15(2)19-7-5-6-8-20(19)25-23(28)16(3)29-22(27)14-13-21(26)17-9-11-18(24)12-10-17/h5-12,15-16H,4,13-14H2,1-3H3,(H,25,28)/t15-,16+/m0/s1. The summed E-state index contributed by atoms with van der Waals surface area (Å²) in [6, 6.07) is 14.1. The minimum Gasteiger partial charge on any atom is -0.453 e. The van der Waals surface area contributed by atoms with E-state index in [1.165, 1.54) is 6.92 Å². The van der Waals surface area contributed by atoms with E-state index in [0.717, 1.165) is 12.0 Å². The maximum absolute atomic E-state index is 12.4. The zero-order valence-electron chi connectivity index (χ0n) is 16.9. The molecule has 2 aromatic carbocycles. The number of benzene rings is 2. The average Bonchev–Trinajstić information content (AvgIpc) is 2.72. The van der Waals surface area contributed by atoms with Crippen LogP contribution in [0.4, 0.5) is 5.69 Å². The number of nitrogens with one attached hydrogen (secondary N) is 1. The van der Waals surface area contributed by atoms with Gasteiger partial charge in [-0.15, -0.1) is 0 Å². The number of Topliss-reactive ketones (excluding diaryl/α,β-unsaturated/α-hetero) is 1. The predicted molar refractivity (Wildman–Crippen MR) is 114 cm³/mol. The fraction of sp³-hybridized carbons (Fsp3) is 0.348. The first-order valence-corrected chi connectivity index (χ1v) is 10.1. The van der Waals surface area contributed by atoms with Crippen LogP contribution in [-0.4, -0.2) is 23.8 Å². The number of halogens is 1. The molecular weight excluding hydrogens is 390 g/mol. The summed E-state index contributed by atoms with van der Waals surface area (Å²) in [5, 5.41) is 3.37. The van der Waals surface area contributed by atoms with Crippen molar-refractivity contribution in [2.24, 2.45) is 0 Å². The third kappa shape index (κ3) is 6.71. The zero-order chi connectivity index (χ0) is 21.4. The minimum absolute atomic E-state index is 0.00561. The first-order chi connectivity index (χ1) is 13.8. The van der Waals surface area contributed by atoms with Gasteiger partial charge in [-0.05, 0) is 55.2 Å². The second-order valence-electron chi connectivity index (χ2n) is 6.95. The molecule has 2 aromatic rings. The molecule has 0 bridgehead atoms. The Bertz CT molecular complexity index is 863. The van der Waals surface area contributed by atoms with Gasteiger partial charge in [0.05, 0.1) is 6.42 Å². The first kappa shape index (κ1) is 22.6. The molecule has 1 amide bonds. The van der Waals surface area contributed by atoms with Crippen LogP contribution in [0.25, 0.3) is 0 Å². The summed E-state index contributed by atoms with van der Waals surface area (Å²) < 4.78 is 5.19. The molecule has 0 aliphatic heterocycles. The Morgan fingerprint density at radius 2 is 1.66 bits per heavy atom. The molecule has 0 fully saturated rings. The lowest BCUT2D eigenvalue weighted by molar-refractivity contribution is -0.153. The van der Waals surface area contributed by atoms with E-state index >= 15 is 0 Å². The van der Waals surface area contributed by atoms with E-state index in [1.807, 2.05) is 24.3 Å². The Kier molecular flexibility index (Phi) is 8.40. The van der Waals surface area contributed by atoms with Crippen molar-refractivity contribution in [3.63, 3.8) is 0 Å². The Morgan fingerprint density at radius 1 is 1.00 bits per heavy atom. The fourth-order valence-corrected chi connectivity index (χ4v) is 2.93. The third-order valence-corrected chi connectivity index (χ3v) is 5.01. The molecule has 0 unspecified atom stereocenters. The van der Waals surface area contributed by atoms with Crippen molar-refractivity contribution < 1.29 is 19.1 Å². The molecule has 2 atom stereocenters. The second-order valence-corrected chi connectivity index (χ2v) is 7.38. The Labute approximate surface area is 176 Å². The average molecular weight is 416 g/mol. The van der Waals surface area contributed by atoms with Crippen molar-refractivity contribution in [2.75, 3.05) is 5.32 Å². The van der Waals surface area contributed by atoms with Crippen molar-refractivity contribution >= 4 is 34.9 Å². The predicted octanol–water partition coefficient (Wildman–Crippen LogP) is 5.39. The lowest BCUT2D eigenvalue weighted by atomic mass is 9.97. The van der Waals surface area contributed by atoms with Crippen molar-refractivity contribution in [1.29, 1.82) is 0 Å². The lowest BCUT2D eigenvalue weighted by Crippen LogP contribution is -2.30. The number of para-hydroxylation sites is 1. The molecule has 0 heterocycles. The van der Waals surface area contributed by atoms with E-state index in [2.05, 4.69) is 19.2 Å². The highest BCUT2D eigenvalue weighted by molar-refractivity contribution is 6.30. The van der Waals surface area contributed by atoms with Gasteiger partial charge in [0.2, 0.25) is 0 Å². The van der Waals surface area contributed by atoms with Gasteiger partial charge in [-0.3, -0.25) is 14.4 Å². The summed E-state index contributed by atoms with van der Waals surface area (Å²) in [7, 11) is 0. The van der Waals surface area contributed by atoms with Gasteiger partial charge in [0, 0.05) is 22.7 Å². The van der Waals surface area contributed by atoms with Gasteiger partial charge in [-0.25, -0.2) is 0 Å². The number of anilines is 1. The van der Waals surface area contributed by atoms with E-state index < -0.39 is 18.0 Å². The number of hydrogen-bond donors (Lipinski definition) is 1. The Morgan fingerprint density at radius 3 is 2.31 bits per heavy atom. The molecular formula is C23H26ClNO4. The topological polar surface area (TPSA) is 72.5 Å². The largest absolute Gasteiger partial charge is 0.453 e. The third-order valence-electron chi connectivity index (χ3n) is 4.76. The highest BCUT2D eigenvalue weighted by atomic mass is 35.5. The van der Waals surface area contributed by atoms with Gasteiger partial charge in [-0.2, -0.15) is 0 Å². The number of ether oxygens (including phenoxy) is 1. The lowest BCUT2D eigenvalue weighted by Gasteiger charge is -2.18. The Balaban J connectivity index is 1.87. The van der Waals surface area contributed by atoms with Gasteiger partial charge in [-0.1, -0.05) is 43.6 Å². The molecule has 5 nitrogen and oxygen atoms in total. The van der Waals surface area contributed by atoms with Gasteiger partial charge in [0.1, 0.15) is 0 Å². The van der Waals surface area contributed by atoms with Crippen LogP contribution in [0.2, 0.25) is 5.02 Å². The molecule has 2 rings (SSSR count). The molecule has 0 aromatic heterocycles. The SMILES string of the molecule is CC[C@H](C)c1ccccc1NC(=O)[C@@H](C)OC(=O)CCC(=O)c1ccc(Cl)cc1. The van der Waals surface area contributed by atoms with Crippen molar-refractivity contribution in [3.05, 3.63) is 64.7 Å². The zero-order valence-corrected chi connectivity index (χ0v) is 17.7. The molecule has 0 aliphatic rings. The molecule has 0 saturated carbocycles. The normalized spacial score (nSPS) is 12.7. The Hall–Kier alpha value is -2.66. The minimum atomic E-state index is -0.960. The van der Waals surface area contributed by atoms with E-state index in [4.69, 9.17) is 16.3 Å². The molecule has 154 valence electrons. The number of esters is 1. The summed E-state index contributed by atoms with van der Waals surface area (Å²) >= 11 is 5.80. The van der Waals surface area contributed by atoms with Crippen LogP contribution < -0.4 is 5.32 Å². The van der Waals surface area contributed by atoms with Gasteiger partial charge in [0.15, 0.2) is 11.9 Å². The quantitative estimate of drug-likeness (QED) is 0.440. The van der Waals surface area contributed by atoms with Gasteiger partial charge < -0.3 is 10.1 Å². The van der Waals surface area contributed by atoms with Crippen LogP contribution in [0, 0.1) is 0 Å². The highest BCUT2D eigenvalue weighted by Gasteiger charge is 2.20. The number of carbonyl (C=O) groups excluding carboxylic acids is 3. The molecule has 0 saturated heterocycles. The summed E-state index contributed by atoms with van der Waals surface area (Å²) in [6.45, 7) is 5.69. The maximum Gasteiger partial charge on any atom is 0.307 e. The number of amides is 1. The molecule has 0 aliphatic carbocycles. The van der Waals surface area contributed by atoms with E-state index in [1.54, 1.807) is 24.3 Å². The second kappa shape index (κ2) is 10.8. The summed E-state index contributed by atoms with van der Waals surface area (Å²) in [5.74, 6) is -0.884. The van der Waals surface area contributed by atoms with Crippen LogP contribution >= 0.6 is 11.6 Å². The number of ketones is 1. The van der Waals surface area contributed by atoms with Crippen molar-refractivity contribution in [2.45, 2.75) is 52.1 Å². The van der Waals surface area contributed by atoms with Crippen LogP contribution in [-0.2, 0) is 14.3 Å². The fourth-order valence-electron chi connectivity index (χ4n) is 2.80. The summed E-state index contributed by atoms with van der Waals surface area (Å²) in [4.78, 5) is 36.6. The molecule has 1 N–H and O–H groups in total. The molecule has 6 heteroatoms. The first-order valence-electron chi connectivity index (χ1n) is 9.69. The maximum atomic E-state index is 12.4. The van der Waals surface area contributed by atoms with E-state index in [-0.39, 0.29) is 18.6 Å². The summed E-state index contributed by atoms with van der Waals surface area (Å²) in [6.07, 6.45) is -0.106. The van der Waals surface area contributed by atoms with Gasteiger partial charge >= 0.3 is 5.97 Å².